The molecule has 6 nitrogen and oxygen atoms in total. The van der Waals surface area contributed by atoms with Gasteiger partial charge in [-0.1, -0.05) is 36.2 Å². The number of nitrogens with one attached hydrogen (secondary N) is 1. The van der Waals surface area contributed by atoms with Gasteiger partial charge in [0.05, 0.1) is 17.2 Å². The fourth-order valence-corrected chi connectivity index (χ4v) is 3.30. The van der Waals surface area contributed by atoms with Gasteiger partial charge in [-0.2, -0.15) is 10.2 Å². The lowest BCUT2D eigenvalue weighted by molar-refractivity contribution is -0.119. The van der Waals surface area contributed by atoms with Crippen molar-refractivity contribution in [2.75, 3.05) is 5.32 Å². The molecule has 136 valence electrons. The Kier molecular flexibility index (Phi) is 6.01. The zero-order chi connectivity index (χ0) is 18.7. The topological polar surface area (TPSA) is 64.7 Å². The van der Waals surface area contributed by atoms with Gasteiger partial charge in [0.1, 0.15) is 6.04 Å². The predicted molar refractivity (Wildman–Crippen MR) is 106 cm³/mol. The van der Waals surface area contributed by atoms with E-state index in [0.717, 1.165) is 10.0 Å². The van der Waals surface area contributed by atoms with E-state index in [9.17, 15) is 4.79 Å². The van der Waals surface area contributed by atoms with E-state index in [1.165, 1.54) is 0 Å². The highest BCUT2D eigenvalue weighted by atomic mass is 79.9. The Bertz CT molecular complexity index is 924. The summed E-state index contributed by atoms with van der Waals surface area (Å²) in [6.07, 6.45) is 5.82. The van der Waals surface area contributed by atoms with Crippen LogP contribution in [0.25, 0.3) is 0 Å². The maximum absolute atomic E-state index is 12.5. The minimum absolute atomic E-state index is 0.169. The van der Waals surface area contributed by atoms with Gasteiger partial charge in [-0.25, -0.2) is 0 Å². The number of carbonyl (C=O) groups excluding carboxylic acids is 1. The van der Waals surface area contributed by atoms with E-state index in [0.29, 0.717) is 28.8 Å². The SMILES string of the molecule is CCC(C(=O)Nc1ccn(Cc2ccc(Cl)cc2Cl)n1)n1cc(Br)cn1. The van der Waals surface area contributed by atoms with E-state index in [-0.39, 0.29) is 5.91 Å². The number of benzene rings is 1. The summed E-state index contributed by atoms with van der Waals surface area (Å²) in [6.45, 7) is 2.41. The number of nitrogens with zero attached hydrogens (tertiary/aromatic N) is 4. The highest BCUT2D eigenvalue weighted by molar-refractivity contribution is 9.10. The molecule has 0 fully saturated rings. The molecule has 0 aliphatic heterocycles. The van der Waals surface area contributed by atoms with Crippen molar-refractivity contribution in [2.45, 2.75) is 25.9 Å². The maximum Gasteiger partial charge on any atom is 0.250 e. The number of carbonyl (C=O) groups is 1. The van der Waals surface area contributed by atoms with Crippen LogP contribution in [0.5, 0.6) is 0 Å². The maximum atomic E-state index is 12.5. The summed E-state index contributed by atoms with van der Waals surface area (Å²) < 4.78 is 4.16. The molecule has 1 amide bonds. The van der Waals surface area contributed by atoms with Crippen LogP contribution in [-0.2, 0) is 11.3 Å². The van der Waals surface area contributed by atoms with Crippen molar-refractivity contribution in [3.8, 4) is 0 Å². The molecule has 3 rings (SSSR count). The third-order valence-electron chi connectivity index (χ3n) is 3.82. The fraction of sp³-hybridized carbons (Fsp3) is 0.235. The van der Waals surface area contributed by atoms with Crippen molar-refractivity contribution in [1.29, 1.82) is 0 Å². The zero-order valence-electron chi connectivity index (χ0n) is 13.9. The minimum Gasteiger partial charge on any atom is -0.307 e. The molecule has 0 saturated carbocycles. The summed E-state index contributed by atoms with van der Waals surface area (Å²) in [5, 5.41) is 12.6. The molecule has 0 spiro atoms. The summed E-state index contributed by atoms with van der Waals surface area (Å²) in [4.78, 5) is 12.5. The van der Waals surface area contributed by atoms with E-state index in [4.69, 9.17) is 23.2 Å². The molecular weight excluding hydrogens is 441 g/mol. The van der Waals surface area contributed by atoms with E-state index in [2.05, 4.69) is 31.4 Å². The van der Waals surface area contributed by atoms with Gasteiger partial charge in [-0.05, 0) is 40.0 Å². The summed E-state index contributed by atoms with van der Waals surface area (Å²) in [5.41, 5.74) is 0.893. The van der Waals surface area contributed by atoms with Crippen LogP contribution >= 0.6 is 39.1 Å². The zero-order valence-corrected chi connectivity index (χ0v) is 17.0. The minimum atomic E-state index is -0.405. The lowest BCUT2D eigenvalue weighted by Crippen LogP contribution is -2.26. The van der Waals surface area contributed by atoms with Gasteiger partial charge in [0.25, 0.3) is 0 Å². The lowest BCUT2D eigenvalue weighted by Gasteiger charge is -2.14. The average molecular weight is 457 g/mol. The van der Waals surface area contributed by atoms with Gasteiger partial charge in [0.2, 0.25) is 5.91 Å². The highest BCUT2D eigenvalue weighted by Crippen LogP contribution is 2.22. The molecule has 2 heterocycles. The standard InChI is InChI=1S/C17H16BrCl2N5O/c1-2-15(25-10-12(18)8-21-25)17(26)22-16-5-6-24(23-16)9-11-3-4-13(19)7-14(11)20/h3-8,10,15H,2,9H2,1H3,(H,22,23,26). The van der Waals surface area contributed by atoms with Gasteiger partial charge in [0, 0.05) is 28.5 Å². The van der Waals surface area contributed by atoms with Crippen molar-refractivity contribution in [3.05, 3.63) is 62.9 Å². The first-order valence-corrected chi connectivity index (χ1v) is 9.49. The molecule has 9 heteroatoms. The second-order valence-electron chi connectivity index (χ2n) is 5.69. The summed E-state index contributed by atoms with van der Waals surface area (Å²) >= 11 is 15.4. The molecule has 0 radical (unpaired) electrons. The molecule has 0 aliphatic rings. The van der Waals surface area contributed by atoms with Crippen LogP contribution in [0.1, 0.15) is 24.9 Å². The second-order valence-corrected chi connectivity index (χ2v) is 7.45. The Morgan fingerprint density at radius 3 is 2.81 bits per heavy atom. The number of halogens is 3. The van der Waals surface area contributed by atoms with Crippen molar-refractivity contribution in [1.82, 2.24) is 19.6 Å². The van der Waals surface area contributed by atoms with Crippen molar-refractivity contribution in [2.24, 2.45) is 0 Å². The van der Waals surface area contributed by atoms with Crippen LogP contribution < -0.4 is 5.32 Å². The smallest absolute Gasteiger partial charge is 0.250 e. The van der Waals surface area contributed by atoms with Crippen molar-refractivity contribution < 1.29 is 4.79 Å². The first kappa shape index (κ1) is 18.9. The quantitative estimate of drug-likeness (QED) is 0.580. The van der Waals surface area contributed by atoms with E-state index in [1.807, 2.05) is 13.0 Å². The molecular formula is C17H16BrCl2N5O. The Labute approximate surface area is 169 Å². The molecule has 2 aromatic heterocycles. The molecule has 1 atom stereocenters. The number of amides is 1. The predicted octanol–water partition coefficient (Wildman–Crippen LogP) is 4.79. The molecule has 0 aliphatic carbocycles. The third-order valence-corrected chi connectivity index (χ3v) is 4.81. The van der Waals surface area contributed by atoms with Crippen LogP contribution in [0.2, 0.25) is 10.0 Å². The normalized spacial score (nSPS) is 12.2. The van der Waals surface area contributed by atoms with E-state index < -0.39 is 6.04 Å². The number of anilines is 1. The van der Waals surface area contributed by atoms with Gasteiger partial charge in [-0.3, -0.25) is 14.2 Å². The van der Waals surface area contributed by atoms with Crippen LogP contribution in [0.4, 0.5) is 5.82 Å². The Morgan fingerprint density at radius 1 is 1.35 bits per heavy atom. The Morgan fingerprint density at radius 2 is 2.15 bits per heavy atom. The number of rotatable bonds is 6. The largest absolute Gasteiger partial charge is 0.307 e. The lowest BCUT2D eigenvalue weighted by atomic mass is 10.2. The molecule has 26 heavy (non-hydrogen) atoms. The van der Waals surface area contributed by atoms with Crippen molar-refractivity contribution >= 4 is 50.9 Å². The fourth-order valence-electron chi connectivity index (χ4n) is 2.53. The summed E-state index contributed by atoms with van der Waals surface area (Å²) in [7, 11) is 0. The van der Waals surface area contributed by atoms with E-state index >= 15 is 0 Å². The summed E-state index contributed by atoms with van der Waals surface area (Å²) in [5.74, 6) is 0.308. The van der Waals surface area contributed by atoms with Crippen LogP contribution in [0.3, 0.4) is 0 Å². The first-order chi connectivity index (χ1) is 12.5. The Hall–Kier alpha value is -1.83. The second kappa shape index (κ2) is 8.24. The molecule has 1 aromatic carbocycles. The van der Waals surface area contributed by atoms with Crippen LogP contribution in [-0.4, -0.2) is 25.5 Å². The highest BCUT2D eigenvalue weighted by Gasteiger charge is 2.20. The molecule has 0 bridgehead atoms. The molecule has 1 unspecified atom stereocenters. The third kappa shape index (κ3) is 4.47. The number of hydrogen-bond donors (Lipinski definition) is 1. The molecule has 3 aromatic rings. The Balaban J connectivity index is 1.68. The van der Waals surface area contributed by atoms with Crippen molar-refractivity contribution in [3.63, 3.8) is 0 Å². The van der Waals surface area contributed by atoms with Gasteiger partial charge in [-0.15, -0.1) is 0 Å². The molecule has 1 N–H and O–H groups in total. The number of aromatic nitrogens is 4. The van der Waals surface area contributed by atoms with Crippen LogP contribution in [0, 0.1) is 0 Å². The first-order valence-electron chi connectivity index (χ1n) is 7.94. The number of hydrogen-bond acceptors (Lipinski definition) is 3. The van der Waals surface area contributed by atoms with Gasteiger partial charge in [0.15, 0.2) is 5.82 Å². The van der Waals surface area contributed by atoms with Gasteiger partial charge < -0.3 is 5.32 Å². The monoisotopic (exact) mass is 455 g/mol. The van der Waals surface area contributed by atoms with E-state index in [1.54, 1.807) is 46.2 Å². The average Bonchev–Trinajstić information content (AvgIpc) is 3.20. The van der Waals surface area contributed by atoms with Gasteiger partial charge >= 0.3 is 0 Å². The van der Waals surface area contributed by atoms with Crippen LogP contribution in [0.15, 0.2) is 47.3 Å². The molecule has 0 saturated heterocycles. The summed E-state index contributed by atoms with van der Waals surface area (Å²) in [6, 6.07) is 6.67.